The highest BCUT2D eigenvalue weighted by atomic mass is 16.4. The first-order chi connectivity index (χ1) is 5.65. The van der Waals surface area contributed by atoms with Crippen molar-refractivity contribution in [2.45, 2.75) is 25.0 Å². The van der Waals surface area contributed by atoms with Crippen LogP contribution in [0.4, 0.5) is 0 Å². The topological polar surface area (TPSA) is 106 Å². The van der Waals surface area contributed by atoms with E-state index in [1.165, 1.54) is 0 Å². The fraction of sp³-hybridized carbons (Fsp3) is 0.833. The molecule has 3 atom stereocenters. The van der Waals surface area contributed by atoms with Crippen molar-refractivity contribution in [2.24, 2.45) is 11.0 Å². The van der Waals surface area contributed by atoms with Gasteiger partial charge in [0, 0.05) is 4.91 Å². The molecule has 0 amide bonds. The molecule has 1 rings (SSSR count). The Balaban J connectivity index is 2.61. The Kier molecular flexibility index (Phi) is 2.52. The predicted molar refractivity (Wildman–Crippen MR) is 39.3 cm³/mol. The van der Waals surface area contributed by atoms with Crippen LogP contribution >= 0.6 is 0 Å². The molecule has 0 heterocycles. The van der Waals surface area contributed by atoms with Crippen LogP contribution < -0.4 is 0 Å². The van der Waals surface area contributed by atoms with Crippen molar-refractivity contribution < 1.29 is 15.0 Å². The average Bonchev–Trinajstić information content (AvgIpc) is 2.34. The number of aliphatic hydroxyl groups is 1. The summed E-state index contributed by atoms with van der Waals surface area (Å²) in [6.45, 7) is 0. The molecule has 0 spiro atoms. The number of aliphatic hydroxyl groups excluding tert-OH is 1. The lowest BCUT2D eigenvalue weighted by atomic mass is 10.1. The molecule has 6 heteroatoms. The maximum Gasteiger partial charge on any atom is 0.306 e. The first kappa shape index (κ1) is 8.83. The summed E-state index contributed by atoms with van der Waals surface area (Å²) in [5.41, 5.74) is 8.07. The van der Waals surface area contributed by atoms with Crippen LogP contribution in [0.3, 0.4) is 0 Å². The van der Waals surface area contributed by atoms with Crippen LogP contribution in [0.1, 0.15) is 12.8 Å². The molecule has 0 bridgehead atoms. The number of carbonyl (C=O) groups is 1. The summed E-state index contributed by atoms with van der Waals surface area (Å²) in [5.74, 6) is -1.51. The Labute approximate surface area is 68.4 Å². The van der Waals surface area contributed by atoms with Crippen molar-refractivity contribution in [1.29, 1.82) is 0 Å². The smallest absolute Gasteiger partial charge is 0.306 e. The van der Waals surface area contributed by atoms with Crippen molar-refractivity contribution in [3.05, 3.63) is 10.4 Å². The second-order valence-electron chi connectivity index (χ2n) is 2.85. The molecular weight excluding hydrogens is 162 g/mol. The van der Waals surface area contributed by atoms with E-state index in [-0.39, 0.29) is 12.8 Å². The van der Waals surface area contributed by atoms with Crippen molar-refractivity contribution in [1.82, 2.24) is 0 Å². The lowest BCUT2D eigenvalue weighted by molar-refractivity contribution is -0.141. The fourth-order valence-corrected chi connectivity index (χ4v) is 1.39. The molecule has 0 aromatic rings. The number of hydrogen-bond donors (Lipinski definition) is 2. The second-order valence-corrected chi connectivity index (χ2v) is 2.85. The molecule has 0 radical (unpaired) electrons. The summed E-state index contributed by atoms with van der Waals surface area (Å²) < 4.78 is 0. The molecule has 2 N–H and O–H groups in total. The van der Waals surface area contributed by atoms with Gasteiger partial charge >= 0.3 is 5.97 Å². The van der Waals surface area contributed by atoms with Gasteiger partial charge in [-0.25, -0.2) is 0 Å². The summed E-state index contributed by atoms with van der Waals surface area (Å²) in [6, 6.07) is -0.573. The van der Waals surface area contributed by atoms with Crippen molar-refractivity contribution >= 4 is 5.97 Å². The molecule has 1 saturated carbocycles. The highest BCUT2D eigenvalue weighted by Gasteiger charge is 2.36. The number of hydrogen-bond acceptors (Lipinski definition) is 3. The third-order valence-corrected chi connectivity index (χ3v) is 2.05. The summed E-state index contributed by atoms with van der Waals surface area (Å²) in [5, 5.41) is 21.1. The van der Waals surface area contributed by atoms with Gasteiger partial charge in [-0.1, -0.05) is 5.11 Å². The molecule has 6 nitrogen and oxygen atoms in total. The van der Waals surface area contributed by atoms with E-state index in [0.717, 1.165) is 0 Å². The first-order valence-electron chi connectivity index (χ1n) is 3.60. The van der Waals surface area contributed by atoms with Crippen LogP contribution in [0.2, 0.25) is 0 Å². The number of rotatable bonds is 2. The molecule has 12 heavy (non-hydrogen) atoms. The Bertz CT molecular complexity index is 236. The minimum Gasteiger partial charge on any atom is -0.481 e. The van der Waals surface area contributed by atoms with Crippen LogP contribution in [0.15, 0.2) is 5.11 Å². The zero-order valence-electron chi connectivity index (χ0n) is 6.29. The standard InChI is InChI=1S/C6H9N3O3/c7-9-8-4-1-3(6(11)12)2-5(4)10/h3-5,10H,1-2H2,(H,11,12)/t3-,4+,5+/m0/s1. The highest BCUT2D eigenvalue weighted by Crippen LogP contribution is 2.28. The van der Waals surface area contributed by atoms with E-state index in [4.69, 9.17) is 10.6 Å². The van der Waals surface area contributed by atoms with Gasteiger partial charge in [0.25, 0.3) is 0 Å². The SMILES string of the molecule is [N-]=[N+]=N[C@@H]1C[C@H](C(=O)O)C[C@H]1O. The molecule has 1 aliphatic rings. The van der Waals surface area contributed by atoms with E-state index >= 15 is 0 Å². The molecule has 0 aromatic carbocycles. The normalized spacial score (nSPS) is 34.2. The van der Waals surface area contributed by atoms with Crippen LogP contribution in [0, 0.1) is 5.92 Å². The number of carboxylic acids is 1. The van der Waals surface area contributed by atoms with Crippen LogP contribution in [-0.2, 0) is 4.79 Å². The van der Waals surface area contributed by atoms with Gasteiger partial charge in [0.1, 0.15) is 0 Å². The maximum absolute atomic E-state index is 10.5. The Morgan fingerprint density at radius 2 is 2.25 bits per heavy atom. The summed E-state index contributed by atoms with van der Waals surface area (Å²) in [4.78, 5) is 13.0. The molecule has 1 aliphatic carbocycles. The Morgan fingerprint density at radius 1 is 1.58 bits per heavy atom. The number of carboxylic acid groups (broad SMARTS) is 1. The minimum absolute atomic E-state index is 0.180. The monoisotopic (exact) mass is 171 g/mol. The second kappa shape index (κ2) is 3.42. The quantitative estimate of drug-likeness (QED) is 0.359. The van der Waals surface area contributed by atoms with E-state index in [2.05, 4.69) is 10.0 Å². The number of nitrogens with zero attached hydrogens (tertiary/aromatic N) is 3. The third kappa shape index (κ3) is 1.66. The van der Waals surface area contributed by atoms with Gasteiger partial charge in [-0.15, -0.1) is 0 Å². The molecule has 0 saturated heterocycles. The summed E-state index contributed by atoms with van der Waals surface area (Å²) >= 11 is 0. The predicted octanol–water partition coefficient (Wildman–Crippen LogP) is 0.521. The maximum atomic E-state index is 10.5. The van der Waals surface area contributed by atoms with Crippen molar-refractivity contribution in [3.8, 4) is 0 Å². The van der Waals surface area contributed by atoms with E-state index in [0.29, 0.717) is 0 Å². The molecular formula is C6H9N3O3. The van der Waals surface area contributed by atoms with Crippen LogP contribution in [0.25, 0.3) is 10.4 Å². The van der Waals surface area contributed by atoms with Gasteiger partial charge in [0.2, 0.25) is 0 Å². The molecule has 0 unspecified atom stereocenters. The average molecular weight is 171 g/mol. The molecule has 66 valence electrons. The van der Waals surface area contributed by atoms with E-state index in [1.807, 2.05) is 0 Å². The molecule has 0 aliphatic heterocycles. The number of azide groups is 1. The largest absolute Gasteiger partial charge is 0.481 e. The van der Waals surface area contributed by atoms with E-state index in [9.17, 15) is 9.90 Å². The lowest BCUT2D eigenvalue weighted by Crippen LogP contribution is -2.15. The van der Waals surface area contributed by atoms with Crippen molar-refractivity contribution in [3.63, 3.8) is 0 Å². The van der Waals surface area contributed by atoms with Gasteiger partial charge in [-0.3, -0.25) is 4.79 Å². The Hall–Kier alpha value is -1.26. The Morgan fingerprint density at radius 3 is 2.67 bits per heavy atom. The van der Waals surface area contributed by atoms with Gasteiger partial charge in [-0.05, 0) is 18.4 Å². The van der Waals surface area contributed by atoms with E-state index in [1.54, 1.807) is 0 Å². The van der Waals surface area contributed by atoms with Gasteiger partial charge in [0.15, 0.2) is 0 Å². The van der Waals surface area contributed by atoms with Gasteiger partial charge < -0.3 is 10.2 Å². The molecule has 0 aromatic heterocycles. The fourth-order valence-electron chi connectivity index (χ4n) is 1.39. The third-order valence-electron chi connectivity index (χ3n) is 2.05. The van der Waals surface area contributed by atoms with Gasteiger partial charge in [-0.2, -0.15) is 0 Å². The van der Waals surface area contributed by atoms with Crippen LogP contribution in [0.5, 0.6) is 0 Å². The van der Waals surface area contributed by atoms with E-state index < -0.39 is 24.0 Å². The molecule has 1 fully saturated rings. The van der Waals surface area contributed by atoms with Crippen LogP contribution in [-0.4, -0.2) is 28.3 Å². The zero-order valence-corrected chi connectivity index (χ0v) is 6.29. The number of aliphatic carboxylic acids is 1. The highest BCUT2D eigenvalue weighted by molar-refractivity contribution is 5.70. The minimum atomic E-state index is -0.940. The summed E-state index contributed by atoms with van der Waals surface area (Å²) in [7, 11) is 0. The first-order valence-corrected chi connectivity index (χ1v) is 3.60. The zero-order chi connectivity index (χ0) is 9.14. The van der Waals surface area contributed by atoms with Crippen molar-refractivity contribution in [2.75, 3.05) is 0 Å². The van der Waals surface area contributed by atoms with Gasteiger partial charge in [0.05, 0.1) is 18.1 Å². The summed E-state index contributed by atoms with van der Waals surface area (Å²) in [6.07, 6.45) is -0.387. The lowest BCUT2D eigenvalue weighted by Gasteiger charge is -2.04.